The zero-order valence-corrected chi connectivity index (χ0v) is 4.62. The smallest absolute Gasteiger partial charge is 0.0623 e. The lowest BCUT2D eigenvalue weighted by atomic mass is 10.3. The number of allylic oxidation sites excluding steroid dienone is 8. The minimum atomic E-state index is 2.00. The van der Waals surface area contributed by atoms with Crippen LogP contribution in [0.5, 0.6) is 0 Å². The minimum absolute atomic E-state index is 2.00. The molecule has 0 saturated heterocycles. The van der Waals surface area contributed by atoms with Crippen LogP contribution in [0.4, 0.5) is 0 Å². The number of hydrogen-bond donors (Lipinski definition) is 0. The SMILES string of the molecule is C1=C/C=C/C=C/C=C/1. The molecule has 0 aromatic heterocycles. The normalized spacial score (nSPS) is 32.0. The van der Waals surface area contributed by atoms with Crippen molar-refractivity contribution in [3.8, 4) is 0 Å². The van der Waals surface area contributed by atoms with Crippen LogP contribution in [0, 0.1) is 0 Å². The van der Waals surface area contributed by atoms with E-state index >= 15 is 0 Å². The van der Waals surface area contributed by atoms with Crippen molar-refractivity contribution in [3.63, 3.8) is 0 Å². The molecule has 40 valence electrons. The minimum Gasteiger partial charge on any atom is -0.0623 e. The van der Waals surface area contributed by atoms with Gasteiger partial charge in [0.05, 0.1) is 0 Å². The van der Waals surface area contributed by atoms with Crippen LogP contribution < -0.4 is 0 Å². The zero-order valence-electron chi connectivity index (χ0n) is 4.62. The first-order chi connectivity index (χ1) is 4.00. The third-order valence-electron chi connectivity index (χ3n) is 0.889. The molecule has 0 amide bonds. The molecule has 0 atom stereocenters. The molecule has 0 spiro atoms. The van der Waals surface area contributed by atoms with Gasteiger partial charge in [0.15, 0.2) is 0 Å². The molecule has 1 rings (SSSR count). The maximum Gasteiger partial charge on any atom is -0.0623 e. The van der Waals surface area contributed by atoms with E-state index in [4.69, 9.17) is 0 Å². The summed E-state index contributed by atoms with van der Waals surface area (Å²) in [5.74, 6) is 0. The second-order valence-corrected chi connectivity index (χ2v) is 1.54. The number of rotatable bonds is 0. The van der Waals surface area contributed by atoms with Crippen molar-refractivity contribution in [1.29, 1.82) is 0 Å². The summed E-state index contributed by atoms with van der Waals surface area (Å²) in [4.78, 5) is 0. The van der Waals surface area contributed by atoms with E-state index in [1.54, 1.807) is 0 Å². The van der Waals surface area contributed by atoms with Crippen molar-refractivity contribution in [2.24, 2.45) is 0 Å². The highest BCUT2D eigenvalue weighted by Crippen LogP contribution is 1.87. The molecule has 0 nitrogen and oxygen atoms in total. The van der Waals surface area contributed by atoms with Crippen molar-refractivity contribution < 1.29 is 0 Å². The fourth-order valence-corrected chi connectivity index (χ4v) is 0.513. The fraction of sp³-hybridized carbons (Fsp3) is 0. The summed E-state index contributed by atoms with van der Waals surface area (Å²) in [5.41, 5.74) is 0. The molecule has 1 aliphatic rings. The van der Waals surface area contributed by atoms with Crippen LogP contribution in [-0.2, 0) is 0 Å². The molecule has 8 heavy (non-hydrogen) atoms. The molecule has 0 aromatic carbocycles. The molecular formula is C8H8. The summed E-state index contributed by atoms with van der Waals surface area (Å²) in [6.07, 6.45) is 16.0. The van der Waals surface area contributed by atoms with Crippen molar-refractivity contribution in [1.82, 2.24) is 0 Å². The molecule has 1 aliphatic carbocycles. The molecule has 0 fully saturated rings. The largest absolute Gasteiger partial charge is 0.0623 e. The average molecular weight is 104 g/mol. The molecular weight excluding hydrogens is 96.1 g/mol. The van der Waals surface area contributed by atoms with E-state index in [9.17, 15) is 0 Å². The van der Waals surface area contributed by atoms with Gasteiger partial charge < -0.3 is 0 Å². The topological polar surface area (TPSA) is 0 Å². The van der Waals surface area contributed by atoms with E-state index in [1.165, 1.54) is 0 Å². The van der Waals surface area contributed by atoms with Gasteiger partial charge in [-0.2, -0.15) is 0 Å². The van der Waals surface area contributed by atoms with Gasteiger partial charge in [0.2, 0.25) is 0 Å². The van der Waals surface area contributed by atoms with Crippen LogP contribution in [0.2, 0.25) is 0 Å². The van der Waals surface area contributed by atoms with Gasteiger partial charge in [0, 0.05) is 0 Å². The predicted octanol–water partition coefficient (Wildman–Crippen LogP) is 2.22. The molecule has 0 unspecified atom stereocenters. The van der Waals surface area contributed by atoms with Gasteiger partial charge in [-0.05, 0) is 0 Å². The third-order valence-corrected chi connectivity index (χ3v) is 0.889. The van der Waals surface area contributed by atoms with E-state index in [1.807, 2.05) is 48.6 Å². The van der Waals surface area contributed by atoms with Gasteiger partial charge in [-0.3, -0.25) is 0 Å². The van der Waals surface area contributed by atoms with Crippen LogP contribution in [0.25, 0.3) is 0 Å². The Bertz CT molecular complexity index is 101. The molecule has 0 heterocycles. The molecule has 0 radical (unpaired) electrons. The highest BCUT2D eigenvalue weighted by molar-refractivity contribution is 5.23. The van der Waals surface area contributed by atoms with E-state index in [2.05, 4.69) is 0 Å². The Morgan fingerprint density at radius 3 is 0.500 bits per heavy atom. The van der Waals surface area contributed by atoms with Crippen molar-refractivity contribution in [2.75, 3.05) is 0 Å². The fourth-order valence-electron chi connectivity index (χ4n) is 0.513. The lowest BCUT2D eigenvalue weighted by molar-refractivity contribution is 1.81. The summed E-state index contributed by atoms with van der Waals surface area (Å²) in [6.45, 7) is 0. The second kappa shape index (κ2) is 3.03. The first kappa shape index (κ1) is 5.10. The van der Waals surface area contributed by atoms with E-state index in [0.717, 1.165) is 0 Å². The number of hydrogen-bond acceptors (Lipinski definition) is 0. The summed E-state index contributed by atoms with van der Waals surface area (Å²) in [5, 5.41) is 0. The molecule has 0 heteroatoms. The van der Waals surface area contributed by atoms with Gasteiger partial charge in [-0.25, -0.2) is 0 Å². The van der Waals surface area contributed by atoms with Gasteiger partial charge in [0.25, 0.3) is 0 Å². The van der Waals surface area contributed by atoms with Gasteiger partial charge in [-0.1, -0.05) is 48.6 Å². The van der Waals surface area contributed by atoms with Crippen LogP contribution in [0.1, 0.15) is 0 Å². The Balaban J connectivity index is 2.67. The maximum atomic E-state index is 2.00. The maximum absolute atomic E-state index is 2.00. The molecule has 0 N–H and O–H groups in total. The molecule has 0 aliphatic heterocycles. The quantitative estimate of drug-likeness (QED) is 0.442. The standard InChI is InChI=1S/C8H8/c1-2-4-6-8-7-5-3-1/h1-8H/b2-1+,3-1?,4-2?,5-3+,6-4+,7-5?,8-6?,8-7+. The van der Waals surface area contributed by atoms with Crippen molar-refractivity contribution in [2.45, 2.75) is 0 Å². The summed E-state index contributed by atoms with van der Waals surface area (Å²) in [7, 11) is 0. The van der Waals surface area contributed by atoms with Crippen LogP contribution >= 0.6 is 0 Å². The zero-order chi connectivity index (χ0) is 5.66. The lowest BCUT2D eigenvalue weighted by Gasteiger charge is -1.77. The average Bonchev–Trinajstić information content (AvgIpc) is 1.62. The molecule has 0 aromatic rings. The second-order valence-electron chi connectivity index (χ2n) is 1.54. The Labute approximate surface area is 49.5 Å². The Kier molecular flexibility index (Phi) is 1.93. The molecule has 0 saturated carbocycles. The van der Waals surface area contributed by atoms with Gasteiger partial charge >= 0.3 is 0 Å². The summed E-state index contributed by atoms with van der Waals surface area (Å²) < 4.78 is 0. The lowest BCUT2D eigenvalue weighted by Crippen LogP contribution is -1.55. The third kappa shape index (κ3) is 1.61. The highest BCUT2D eigenvalue weighted by Gasteiger charge is 1.65. The predicted molar refractivity (Wildman–Crippen MR) is 36.6 cm³/mol. The van der Waals surface area contributed by atoms with Gasteiger partial charge in [0.1, 0.15) is 0 Å². The van der Waals surface area contributed by atoms with E-state index in [0.29, 0.717) is 0 Å². The van der Waals surface area contributed by atoms with Gasteiger partial charge in [-0.15, -0.1) is 0 Å². The summed E-state index contributed by atoms with van der Waals surface area (Å²) in [6, 6.07) is 0. The first-order valence-electron chi connectivity index (χ1n) is 2.67. The summed E-state index contributed by atoms with van der Waals surface area (Å²) >= 11 is 0. The van der Waals surface area contributed by atoms with E-state index < -0.39 is 0 Å². The van der Waals surface area contributed by atoms with Crippen LogP contribution in [-0.4, -0.2) is 0 Å². The monoisotopic (exact) mass is 104 g/mol. The Morgan fingerprint density at radius 2 is 0.375 bits per heavy atom. The Morgan fingerprint density at radius 1 is 0.250 bits per heavy atom. The van der Waals surface area contributed by atoms with Crippen LogP contribution in [0.15, 0.2) is 48.6 Å². The first-order valence-corrected chi connectivity index (χ1v) is 2.67. The van der Waals surface area contributed by atoms with Crippen LogP contribution in [0.3, 0.4) is 0 Å². The van der Waals surface area contributed by atoms with Crippen molar-refractivity contribution >= 4 is 0 Å². The molecule has 0 bridgehead atoms. The highest BCUT2D eigenvalue weighted by atomic mass is 13.7. The van der Waals surface area contributed by atoms with E-state index in [-0.39, 0.29) is 0 Å². The van der Waals surface area contributed by atoms with Crippen molar-refractivity contribution in [3.05, 3.63) is 48.6 Å². The Hall–Kier alpha value is -1.04.